The number of esters is 1. The van der Waals surface area contributed by atoms with Crippen molar-refractivity contribution >= 4 is 18.3 Å². The average Bonchev–Trinajstić information content (AvgIpc) is 3.28. The van der Waals surface area contributed by atoms with Crippen LogP contribution in [-0.2, 0) is 26.2 Å². The predicted octanol–water partition coefficient (Wildman–Crippen LogP) is 2.61. The number of rotatable bonds is 4. The lowest BCUT2D eigenvalue weighted by atomic mass is 9.88. The maximum absolute atomic E-state index is 12.8. The van der Waals surface area contributed by atoms with Gasteiger partial charge >= 0.3 is 12.1 Å². The number of nitriles is 1. The number of ether oxygens (including phenoxy) is 2. The number of benzene rings is 1. The summed E-state index contributed by atoms with van der Waals surface area (Å²) in [6.07, 6.45) is 3.17. The van der Waals surface area contributed by atoms with E-state index in [1.54, 1.807) is 38.3 Å². The molecule has 0 N–H and O–H groups in total. The number of aliphatic imine (C=N–C) groups is 1. The lowest BCUT2D eigenvalue weighted by Gasteiger charge is -2.22. The Morgan fingerprint density at radius 1 is 1.24 bits per heavy atom. The monoisotopic (exact) mass is 392 g/mol. The van der Waals surface area contributed by atoms with Crippen LogP contribution >= 0.6 is 0 Å². The summed E-state index contributed by atoms with van der Waals surface area (Å²) in [5.41, 5.74) is 2.23. The molecule has 1 atom stereocenters. The summed E-state index contributed by atoms with van der Waals surface area (Å²) in [6, 6.07) is 9.34. The maximum Gasteiger partial charge on any atom is 0.434 e. The van der Waals surface area contributed by atoms with E-state index in [4.69, 9.17) is 14.7 Å². The van der Waals surface area contributed by atoms with Crippen LogP contribution in [0, 0.1) is 25.2 Å². The summed E-state index contributed by atoms with van der Waals surface area (Å²) < 4.78 is 10.9. The molecule has 8 nitrogen and oxygen atoms in total. The molecule has 29 heavy (non-hydrogen) atoms. The molecule has 0 fully saturated rings. The Labute approximate surface area is 168 Å². The van der Waals surface area contributed by atoms with Crippen molar-refractivity contribution < 1.29 is 19.1 Å². The first-order valence-corrected chi connectivity index (χ1v) is 8.85. The number of methoxy groups -OCH3 is 2. The molecular formula is C21H20N4O4. The van der Waals surface area contributed by atoms with Gasteiger partial charge in [0.05, 0.1) is 37.2 Å². The topological polar surface area (TPSA) is 107 Å². The largest absolute Gasteiger partial charge is 0.467 e. The Hall–Kier alpha value is -3.73. The van der Waals surface area contributed by atoms with E-state index >= 15 is 0 Å². The van der Waals surface area contributed by atoms with Crippen LogP contribution < -0.4 is 0 Å². The SMILES string of the molecule is COC(=O)n1nc(C)c(C2(C(=O)OC)C=C(Cc3cccc(C#N)c3)C=N2)c1C. The zero-order chi connectivity index (χ0) is 21.2. The van der Waals surface area contributed by atoms with Crippen LogP contribution in [0.2, 0.25) is 0 Å². The molecule has 0 aliphatic carbocycles. The van der Waals surface area contributed by atoms with E-state index in [0.717, 1.165) is 15.8 Å². The second-order valence-electron chi connectivity index (χ2n) is 6.65. The van der Waals surface area contributed by atoms with Crippen molar-refractivity contribution in [3.05, 3.63) is 64.0 Å². The molecule has 0 saturated heterocycles. The van der Waals surface area contributed by atoms with Crippen LogP contribution in [0.15, 0.2) is 40.9 Å². The van der Waals surface area contributed by atoms with Gasteiger partial charge in [0, 0.05) is 11.8 Å². The summed E-state index contributed by atoms with van der Waals surface area (Å²) in [6.45, 7) is 3.37. The van der Waals surface area contributed by atoms with Crippen LogP contribution in [0.1, 0.15) is 28.1 Å². The molecule has 148 valence electrons. The van der Waals surface area contributed by atoms with Crippen molar-refractivity contribution in [1.82, 2.24) is 9.78 Å². The summed E-state index contributed by atoms with van der Waals surface area (Å²) in [7, 11) is 2.55. The molecule has 2 aromatic rings. The van der Waals surface area contributed by atoms with Gasteiger partial charge in [0.25, 0.3) is 0 Å². The third-order valence-electron chi connectivity index (χ3n) is 4.81. The van der Waals surface area contributed by atoms with Gasteiger partial charge < -0.3 is 9.47 Å². The molecule has 3 rings (SSSR count). The minimum Gasteiger partial charge on any atom is -0.467 e. The van der Waals surface area contributed by atoms with Gasteiger partial charge in [-0.3, -0.25) is 4.99 Å². The Balaban J connectivity index is 2.08. The van der Waals surface area contributed by atoms with Crippen LogP contribution in [0.3, 0.4) is 0 Å². The van der Waals surface area contributed by atoms with E-state index in [0.29, 0.717) is 28.9 Å². The first-order valence-electron chi connectivity index (χ1n) is 8.85. The molecule has 1 unspecified atom stereocenters. The molecular weight excluding hydrogens is 372 g/mol. The Kier molecular flexibility index (Phi) is 5.33. The second kappa shape index (κ2) is 7.72. The van der Waals surface area contributed by atoms with Gasteiger partial charge in [-0.15, -0.1) is 0 Å². The van der Waals surface area contributed by atoms with Gasteiger partial charge in [0.15, 0.2) is 0 Å². The van der Waals surface area contributed by atoms with Crippen molar-refractivity contribution in [3.63, 3.8) is 0 Å². The maximum atomic E-state index is 12.8. The van der Waals surface area contributed by atoms with Crippen LogP contribution in [0.5, 0.6) is 0 Å². The number of allylic oxidation sites excluding steroid dienone is 1. The first-order chi connectivity index (χ1) is 13.9. The van der Waals surface area contributed by atoms with Crippen molar-refractivity contribution in [2.24, 2.45) is 4.99 Å². The predicted molar refractivity (Wildman–Crippen MR) is 105 cm³/mol. The van der Waals surface area contributed by atoms with Gasteiger partial charge in [-0.05, 0) is 49.6 Å². The molecule has 0 saturated carbocycles. The molecule has 0 bridgehead atoms. The fraction of sp³-hybridized carbons (Fsp3) is 0.286. The Morgan fingerprint density at radius 2 is 2.00 bits per heavy atom. The van der Waals surface area contributed by atoms with Crippen LogP contribution in [0.25, 0.3) is 0 Å². The fourth-order valence-corrected chi connectivity index (χ4v) is 3.58. The third-order valence-corrected chi connectivity index (χ3v) is 4.81. The zero-order valence-corrected chi connectivity index (χ0v) is 16.6. The standard InChI is InChI=1S/C21H20N4O4/c1-13-18(14(2)25(24-13)20(27)29-4)21(19(26)28-3)10-17(12-23-21)9-15-6-5-7-16(8-15)11-22/h5-8,10,12H,9H2,1-4H3. The molecule has 1 aliphatic heterocycles. The van der Waals surface area contributed by atoms with E-state index in [9.17, 15) is 9.59 Å². The molecule has 1 aromatic carbocycles. The van der Waals surface area contributed by atoms with E-state index < -0.39 is 17.6 Å². The lowest BCUT2D eigenvalue weighted by Crippen LogP contribution is -2.33. The highest BCUT2D eigenvalue weighted by Gasteiger charge is 2.46. The number of nitrogens with zero attached hydrogens (tertiary/aromatic N) is 4. The van der Waals surface area contributed by atoms with Gasteiger partial charge in [0.1, 0.15) is 0 Å². The number of carbonyl (C=O) groups excluding carboxylic acids is 2. The summed E-state index contributed by atoms with van der Waals surface area (Å²) >= 11 is 0. The van der Waals surface area contributed by atoms with Crippen molar-refractivity contribution in [2.45, 2.75) is 25.8 Å². The fourth-order valence-electron chi connectivity index (χ4n) is 3.58. The zero-order valence-electron chi connectivity index (χ0n) is 16.6. The van der Waals surface area contributed by atoms with Crippen molar-refractivity contribution in [3.8, 4) is 6.07 Å². The first kappa shape index (κ1) is 20.0. The quantitative estimate of drug-likeness (QED) is 0.741. The minimum absolute atomic E-state index is 0.445. The number of carbonyl (C=O) groups is 2. The Bertz CT molecular complexity index is 1090. The van der Waals surface area contributed by atoms with Gasteiger partial charge in [-0.2, -0.15) is 15.0 Å². The third kappa shape index (κ3) is 3.43. The smallest absolute Gasteiger partial charge is 0.434 e. The highest BCUT2D eigenvalue weighted by atomic mass is 16.5. The summed E-state index contributed by atoms with van der Waals surface area (Å²) in [5, 5.41) is 13.3. The van der Waals surface area contributed by atoms with Gasteiger partial charge in [0.2, 0.25) is 5.54 Å². The van der Waals surface area contributed by atoms with E-state index in [1.165, 1.54) is 14.2 Å². The molecule has 1 aromatic heterocycles. The second-order valence-corrected chi connectivity index (χ2v) is 6.65. The molecule has 0 radical (unpaired) electrons. The minimum atomic E-state index is -1.43. The normalized spacial score (nSPS) is 17.6. The number of hydrogen-bond donors (Lipinski definition) is 0. The molecule has 0 spiro atoms. The van der Waals surface area contributed by atoms with Crippen molar-refractivity contribution in [2.75, 3.05) is 14.2 Å². The van der Waals surface area contributed by atoms with Gasteiger partial charge in [-0.1, -0.05) is 12.1 Å². The lowest BCUT2D eigenvalue weighted by molar-refractivity contribution is -0.145. The van der Waals surface area contributed by atoms with Crippen molar-refractivity contribution in [1.29, 1.82) is 5.26 Å². The van der Waals surface area contributed by atoms with E-state index in [2.05, 4.69) is 16.2 Å². The van der Waals surface area contributed by atoms with E-state index in [1.807, 2.05) is 12.1 Å². The highest BCUT2D eigenvalue weighted by Crippen LogP contribution is 2.38. The number of aromatic nitrogens is 2. The summed E-state index contributed by atoms with van der Waals surface area (Å²) in [5.74, 6) is -0.579. The highest BCUT2D eigenvalue weighted by molar-refractivity contribution is 5.96. The molecule has 8 heteroatoms. The summed E-state index contributed by atoms with van der Waals surface area (Å²) in [4.78, 5) is 29.3. The van der Waals surface area contributed by atoms with Gasteiger partial charge in [-0.25, -0.2) is 9.59 Å². The number of aryl methyl sites for hydroxylation is 1. The van der Waals surface area contributed by atoms with Crippen LogP contribution in [-0.4, -0.2) is 42.3 Å². The number of hydrogen-bond acceptors (Lipinski definition) is 7. The molecule has 1 aliphatic rings. The molecule has 0 amide bonds. The van der Waals surface area contributed by atoms with E-state index in [-0.39, 0.29) is 0 Å². The van der Waals surface area contributed by atoms with Crippen LogP contribution in [0.4, 0.5) is 4.79 Å². The Morgan fingerprint density at radius 3 is 2.66 bits per heavy atom. The average molecular weight is 392 g/mol. The molecule has 2 heterocycles.